The predicted octanol–water partition coefficient (Wildman–Crippen LogP) is 3.67. The fourth-order valence-electron chi connectivity index (χ4n) is 3.64. The average Bonchev–Trinajstić information content (AvgIpc) is 3.12. The standard InChI is InChI=1S/C17H34N2/c1-4-11-18-17-7-5-6-15(17)10-12-19(13-14(2)3)16-8-9-16/h14-18H,4-13H2,1-3H3. The lowest BCUT2D eigenvalue weighted by atomic mass is 9.98. The highest BCUT2D eigenvalue weighted by molar-refractivity contribution is 4.88. The third kappa shape index (κ3) is 5.07. The van der Waals surface area contributed by atoms with Crippen LogP contribution in [-0.2, 0) is 0 Å². The van der Waals surface area contributed by atoms with Gasteiger partial charge in [-0.05, 0) is 63.5 Å². The van der Waals surface area contributed by atoms with Gasteiger partial charge in [0.15, 0.2) is 0 Å². The van der Waals surface area contributed by atoms with Gasteiger partial charge in [0.05, 0.1) is 0 Å². The summed E-state index contributed by atoms with van der Waals surface area (Å²) in [5.74, 6) is 1.76. The Balaban J connectivity index is 1.72. The van der Waals surface area contributed by atoms with Gasteiger partial charge in [0.2, 0.25) is 0 Å². The summed E-state index contributed by atoms with van der Waals surface area (Å²) in [6.07, 6.45) is 9.92. The van der Waals surface area contributed by atoms with Crippen LogP contribution in [-0.4, -0.2) is 36.6 Å². The summed E-state index contributed by atoms with van der Waals surface area (Å²) in [5.41, 5.74) is 0. The van der Waals surface area contributed by atoms with E-state index < -0.39 is 0 Å². The van der Waals surface area contributed by atoms with Crippen molar-refractivity contribution in [1.29, 1.82) is 0 Å². The van der Waals surface area contributed by atoms with Crippen molar-refractivity contribution in [2.75, 3.05) is 19.6 Å². The van der Waals surface area contributed by atoms with Gasteiger partial charge in [-0.2, -0.15) is 0 Å². The molecule has 2 nitrogen and oxygen atoms in total. The van der Waals surface area contributed by atoms with Crippen LogP contribution in [0, 0.1) is 11.8 Å². The Kier molecular flexibility index (Phi) is 6.15. The van der Waals surface area contributed by atoms with Crippen molar-refractivity contribution < 1.29 is 0 Å². The maximum atomic E-state index is 3.77. The third-order valence-electron chi connectivity index (χ3n) is 4.77. The molecule has 112 valence electrons. The van der Waals surface area contributed by atoms with E-state index in [1.807, 2.05) is 0 Å². The fourth-order valence-corrected chi connectivity index (χ4v) is 3.64. The minimum Gasteiger partial charge on any atom is -0.314 e. The van der Waals surface area contributed by atoms with Gasteiger partial charge >= 0.3 is 0 Å². The molecular formula is C17H34N2. The Bertz CT molecular complexity index is 248. The molecule has 0 amide bonds. The highest BCUT2D eigenvalue weighted by Gasteiger charge is 2.31. The number of nitrogens with zero attached hydrogens (tertiary/aromatic N) is 1. The second kappa shape index (κ2) is 7.64. The largest absolute Gasteiger partial charge is 0.314 e. The first kappa shape index (κ1) is 15.3. The number of nitrogens with one attached hydrogen (secondary N) is 1. The molecule has 0 aromatic heterocycles. The van der Waals surface area contributed by atoms with E-state index in [9.17, 15) is 0 Å². The maximum Gasteiger partial charge on any atom is 0.00965 e. The molecule has 0 aromatic rings. The zero-order valence-corrected chi connectivity index (χ0v) is 13.3. The molecule has 2 unspecified atom stereocenters. The summed E-state index contributed by atoms with van der Waals surface area (Å²) in [5, 5.41) is 3.77. The Hall–Kier alpha value is -0.0800. The molecule has 2 heteroatoms. The zero-order chi connectivity index (χ0) is 13.7. The molecule has 2 rings (SSSR count). The Morgan fingerprint density at radius 3 is 2.58 bits per heavy atom. The molecule has 0 heterocycles. The number of hydrogen-bond donors (Lipinski definition) is 1. The molecule has 2 atom stereocenters. The molecule has 0 radical (unpaired) electrons. The van der Waals surface area contributed by atoms with Gasteiger partial charge < -0.3 is 10.2 Å². The first-order valence-corrected chi connectivity index (χ1v) is 8.68. The van der Waals surface area contributed by atoms with E-state index in [0.717, 1.165) is 23.9 Å². The number of rotatable bonds is 9. The van der Waals surface area contributed by atoms with E-state index in [-0.39, 0.29) is 0 Å². The molecule has 0 aliphatic heterocycles. The summed E-state index contributed by atoms with van der Waals surface area (Å²) >= 11 is 0. The van der Waals surface area contributed by atoms with Crippen molar-refractivity contribution in [3.63, 3.8) is 0 Å². The van der Waals surface area contributed by atoms with Crippen LogP contribution in [0.25, 0.3) is 0 Å². The van der Waals surface area contributed by atoms with Gasteiger partial charge in [0.1, 0.15) is 0 Å². The van der Waals surface area contributed by atoms with Crippen LogP contribution >= 0.6 is 0 Å². The fraction of sp³-hybridized carbons (Fsp3) is 1.00. The molecular weight excluding hydrogens is 232 g/mol. The molecule has 0 aromatic carbocycles. The quantitative estimate of drug-likeness (QED) is 0.685. The summed E-state index contributed by atoms with van der Waals surface area (Å²) in [4.78, 5) is 2.78. The highest BCUT2D eigenvalue weighted by Crippen LogP contribution is 2.32. The molecule has 0 bridgehead atoms. The van der Waals surface area contributed by atoms with Crippen molar-refractivity contribution in [2.24, 2.45) is 11.8 Å². The van der Waals surface area contributed by atoms with Crippen molar-refractivity contribution in [3.05, 3.63) is 0 Å². The van der Waals surface area contributed by atoms with E-state index in [4.69, 9.17) is 0 Å². The summed E-state index contributed by atoms with van der Waals surface area (Å²) < 4.78 is 0. The molecule has 2 saturated carbocycles. The third-order valence-corrected chi connectivity index (χ3v) is 4.77. The van der Waals surface area contributed by atoms with Gasteiger partial charge in [-0.25, -0.2) is 0 Å². The Labute approximate surface area is 120 Å². The van der Waals surface area contributed by atoms with E-state index in [1.165, 1.54) is 64.6 Å². The normalized spacial score (nSPS) is 27.6. The van der Waals surface area contributed by atoms with Crippen LogP contribution in [0.5, 0.6) is 0 Å². The van der Waals surface area contributed by atoms with E-state index in [2.05, 4.69) is 31.0 Å². The molecule has 19 heavy (non-hydrogen) atoms. The topological polar surface area (TPSA) is 15.3 Å². The minimum absolute atomic E-state index is 0.818. The minimum atomic E-state index is 0.818. The molecule has 2 aliphatic carbocycles. The van der Waals surface area contributed by atoms with Gasteiger partial charge in [-0.3, -0.25) is 0 Å². The summed E-state index contributed by atoms with van der Waals surface area (Å²) in [6, 6.07) is 1.76. The second-order valence-corrected chi connectivity index (χ2v) is 7.16. The van der Waals surface area contributed by atoms with Gasteiger partial charge in [-0.15, -0.1) is 0 Å². The van der Waals surface area contributed by atoms with Crippen LogP contribution in [0.3, 0.4) is 0 Å². The van der Waals surface area contributed by atoms with Gasteiger partial charge in [0, 0.05) is 18.6 Å². The highest BCUT2D eigenvalue weighted by atomic mass is 15.2. The first-order chi connectivity index (χ1) is 9.20. The van der Waals surface area contributed by atoms with Gasteiger partial charge in [0.25, 0.3) is 0 Å². The van der Waals surface area contributed by atoms with Crippen LogP contribution in [0.1, 0.15) is 65.7 Å². The van der Waals surface area contributed by atoms with E-state index in [0.29, 0.717) is 0 Å². The lowest BCUT2D eigenvalue weighted by Crippen LogP contribution is -2.36. The van der Waals surface area contributed by atoms with E-state index in [1.54, 1.807) is 0 Å². The first-order valence-electron chi connectivity index (χ1n) is 8.68. The van der Waals surface area contributed by atoms with Crippen molar-refractivity contribution in [2.45, 2.75) is 77.8 Å². The summed E-state index contributed by atoms with van der Waals surface area (Å²) in [6.45, 7) is 10.9. The monoisotopic (exact) mass is 266 g/mol. The summed E-state index contributed by atoms with van der Waals surface area (Å²) in [7, 11) is 0. The lowest BCUT2D eigenvalue weighted by molar-refractivity contribution is 0.210. The van der Waals surface area contributed by atoms with Crippen molar-refractivity contribution in [1.82, 2.24) is 10.2 Å². The Morgan fingerprint density at radius 1 is 1.16 bits per heavy atom. The molecule has 0 spiro atoms. The second-order valence-electron chi connectivity index (χ2n) is 7.16. The van der Waals surface area contributed by atoms with Crippen LogP contribution < -0.4 is 5.32 Å². The lowest BCUT2D eigenvalue weighted by Gasteiger charge is -2.27. The van der Waals surface area contributed by atoms with Crippen LogP contribution in [0.2, 0.25) is 0 Å². The maximum absolute atomic E-state index is 3.77. The molecule has 2 aliphatic rings. The Morgan fingerprint density at radius 2 is 1.95 bits per heavy atom. The smallest absolute Gasteiger partial charge is 0.00965 e. The van der Waals surface area contributed by atoms with Gasteiger partial charge in [-0.1, -0.05) is 27.2 Å². The average molecular weight is 266 g/mol. The molecule has 0 saturated heterocycles. The van der Waals surface area contributed by atoms with Crippen LogP contribution in [0.4, 0.5) is 0 Å². The van der Waals surface area contributed by atoms with E-state index >= 15 is 0 Å². The number of hydrogen-bond acceptors (Lipinski definition) is 2. The molecule has 1 N–H and O–H groups in total. The van der Waals surface area contributed by atoms with Crippen LogP contribution in [0.15, 0.2) is 0 Å². The molecule has 2 fully saturated rings. The predicted molar refractivity (Wildman–Crippen MR) is 83.5 cm³/mol. The van der Waals surface area contributed by atoms with Crippen molar-refractivity contribution in [3.8, 4) is 0 Å². The zero-order valence-electron chi connectivity index (χ0n) is 13.3. The van der Waals surface area contributed by atoms with Crippen molar-refractivity contribution >= 4 is 0 Å². The SMILES string of the molecule is CCCNC1CCCC1CCN(CC(C)C)C1CC1.